The lowest BCUT2D eigenvalue weighted by atomic mass is 10.3. The number of benzene rings is 1. The molecule has 0 aliphatic heterocycles. The second kappa shape index (κ2) is 5.44. The van der Waals surface area contributed by atoms with E-state index in [4.69, 9.17) is 4.74 Å². The molecule has 0 atom stereocenters. The van der Waals surface area contributed by atoms with Gasteiger partial charge in [0.15, 0.2) is 6.61 Å². The highest BCUT2D eigenvalue weighted by molar-refractivity contribution is 7.82. The molecule has 0 radical (unpaired) electrons. The summed E-state index contributed by atoms with van der Waals surface area (Å²) in [6.45, 7) is -1.94. The largest absolute Gasteiger partial charge is 0.497 e. The van der Waals surface area contributed by atoms with E-state index in [1.165, 1.54) is 31.4 Å². The molecule has 0 saturated carbocycles. The van der Waals surface area contributed by atoms with E-state index in [1.807, 2.05) is 0 Å². The van der Waals surface area contributed by atoms with Gasteiger partial charge in [-0.3, -0.25) is 0 Å². The molecule has 18 heavy (non-hydrogen) atoms. The minimum absolute atomic E-state index is 0.182. The van der Waals surface area contributed by atoms with Gasteiger partial charge in [0.2, 0.25) is 0 Å². The van der Waals surface area contributed by atoms with Crippen LogP contribution in [0.15, 0.2) is 24.3 Å². The number of halogens is 3. The molecule has 0 amide bonds. The Hall–Kier alpha value is -1.48. The van der Waals surface area contributed by atoms with Gasteiger partial charge in [0.05, 0.1) is 7.11 Å². The van der Waals surface area contributed by atoms with Crippen molar-refractivity contribution in [1.29, 1.82) is 0 Å². The highest BCUT2D eigenvalue weighted by atomic mass is 32.3. The molecule has 5 nitrogen and oxygen atoms in total. The lowest BCUT2D eigenvalue weighted by molar-refractivity contribution is -0.153. The van der Waals surface area contributed by atoms with Gasteiger partial charge < -0.3 is 8.92 Å². The zero-order chi connectivity index (χ0) is 13.8. The molecule has 1 aromatic rings. The third-order valence-corrected chi connectivity index (χ3v) is 2.43. The smallest absolute Gasteiger partial charge is 0.449 e. The number of alkyl halides is 3. The summed E-state index contributed by atoms with van der Waals surface area (Å²) in [5.41, 5.74) is 0. The van der Waals surface area contributed by atoms with E-state index in [-0.39, 0.29) is 5.75 Å². The molecule has 0 aromatic heterocycles. The monoisotopic (exact) mass is 286 g/mol. The topological polar surface area (TPSA) is 61.8 Å². The Morgan fingerprint density at radius 2 is 1.61 bits per heavy atom. The first-order valence-corrected chi connectivity index (χ1v) is 5.85. The fraction of sp³-hybridized carbons (Fsp3) is 0.333. The lowest BCUT2D eigenvalue weighted by Crippen LogP contribution is -2.23. The van der Waals surface area contributed by atoms with Crippen molar-refractivity contribution < 1.29 is 34.7 Å². The third kappa shape index (κ3) is 5.23. The van der Waals surface area contributed by atoms with E-state index < -0.39 is 23.2 Å². The van der Waals surface area contributed by atoms with Crippen molar-refractivity contribution in [1.82, 2.24) is 0 Å². The molecule has 0 bridgehead atoms. The zero-order valence-corrected chi connectivity index (χ0v) is 9.92. The summed E-state index contributed by atoms with van der Waals surface area (Å²) in [7, 11) is -3.35. The predicted octanol–water partition coefficient (Wildman–Crippen LogP) is 1.90. The number of hydrogen-bond acceptors (Lipinski definition) is 5. The Morgan fingerprint density at radius 1 is 1.11 bits per heavy atom. The van der Waals surface area contributed by atoms with Crippen molar-refractivity contribution in [3.63, 3.8) is 0 Å². The average Bonchev–Trinajstić information content (AvgIpc) is 2.26. The van der Waals surface area contributed by atoms with Crippen LogP contribution < -0.4 is 8.92 Å². The first kappa shape index (κ1) is 14.6. The third-order valence-electron chi connectivity index (χ3n) is 1.62. The van der Waals surface area contributed by atoms with Crippen molar-refractivity contribution >= 4 is 10.4 Å². The Balaban J connectivity index is 2.64. The highest BCUT2D eigenvalue weighted by Gasteiger charge is 2.31. The zero-order valence-electron chi connectivity index (χ0n) is 9.10. The molecular weight excluding hydrogens is 277 g/mol. The van der Waals surface area contributed by atoms with Crippen molar-refractivity contribution in [3.8, 4) is 11.5 Å². The van der Waals surface area contributed by atoms with Crippen LogP contribution in [0.1, 0.15) is 0 Å². The summed E-state index contributed by atoms with van der Waals surface area (Å²) in [4.78, 5) is 0. The van der Waals surface area contributed by atoms with Crippen molar-refractivity contribution in [2.24, 2.45) is 0 Å². The summed E-state index contributed by atoms with van der Waals surface area (Å²) in [6, 6.07) is 5.20. The van der Waals surface area contributed by atoms with E-state index in [1.54, 1.807) is 0 Å². The number of methoxy groups -OCH3 is 1. The van der Waals surface area contributed by atoms with Gasteiger partial charge in [0.25, 0.3) is 0 Å². The standard InChI is InChI=1S/C9H9F3O5S/c1-15-7-2-4-8(5-3-7)17-18(13,14)16-6-9(10,11)12/h2-5H,6H2,1H3. The first-order chi connectivity index (χ1) is 8.22. The van der Waals surface area contributed by atoms with Gasteiger partial charge >= 0.3 is 16.6 Å². The van der Waals surface area contributed by atoms with Crippen LogP contribution in [0.4, 0.5) is 13.2 Å². The molecule has 0 heterocycles. The molecule has 9 heteroatoms. The van der Waals surface area contributed by atoms with Gasteiger partial charge in [-0.1, -0.05) is 0 Å². The SMILES string of the molecule is COc1ccc(OS(=O)(=O)OCC(F)(F)F)cc1. The Bertz CT molecular complexity index is 480. The van der Waals surface area contributed by atoms with Crippen LogP contribution in [0.2, 0.25) is 0 Å². The van der Waals surface area contributed by atoms with Gasteiger partial charge in [0, 0.05) is 0 Å². The maximum absolute atomic E-state index is 11.8. The van der Waals surface area contributed by atoms with Crippen molar-refractivity contribution in [2.45, 2.75) is 6.18 Å². The minimum atomic E-state index is -4.75. The molecule has 0 fully saturated rings. The normalized spacial score (nSPS) is 12.2. The van der Waals surface area contributed by atoms with E-state index in [9.17, 15) is 21.6 Å². The Labute approximate surface area is 101 Å². The van der Waals surface area contributed by atoms with E-state index in [0.717, 1.165) is 0 Å². The molecule has 0 saturated heterocycles. The van der Waals surface area contributed by atoms with Gasteiger partial charge in [-0.15, -0.1) is 0 Å². The average molecular weight is 286 g/mol. The van der Waals surface area contributed by atoms with Gasteiger partial charge in [0.1, 0.15) is 11.5 Å². The quantitative estimate of drug-likeness (QED) is 0.827. The van der Waals surface area contributed by atoms with Crippen molar-refractivity contribution in [3.05, 3.63) is 24.3 Å². The minimum Gasteiger partial charge on any atom is -0.497 e. The number of rotatable bonds is 5. The molecule has 0 N–H and O–H groups in total. The molecule has 0 aliphatic carbocycles. The van der Waals surface area contributed by atoms with Crippen LogP contribution in [0, 0.1) is 0 Å². The summed E-state index contributed by atoms with van der Waals surface area (Å²) in [6.07, 6.45) is -4.75. The fourth-order valence-electron chi connectivity index (χ4n) is 0.912. The van der Waals surface area contributed by atoms with E-state index in [0.29, 0.717) is 5.75 Å². The molecule has 1 aromatic carbocycles. The molecular formula is C9H9F3O5S. The molecule has 0 aliphatic rings. The summed E-state index contributed by atoms with van der Waals surface area (Å²) in [5.74, 6) is 0.258. The molecule has 0 spiro atoms. The fourth-order valence-corrected chi connectivity index (χ4v) is 1.59. The summed E-state index contributed by atoms with van der Waals surface area (Å²) in [5, 5.41) is 0. The molecule has 102 valence electrons. The maximum atomic E-state index is 11.8. The molecule has 0 unspecified atom stereocenters. The first-order valence-electron chi connectivity index (χ1n) is 4.51. The summed E-state index contributed by atoms with van der Waals surface area (Å²) < 4.78 is 70.1. The number of hydrogen-bond donors (Lipinski definition) is 0. The van der Waals surface area contributed by atoms with Crippen LogP contribution in [-0.2, 0) is 14.6 Å². The van der Waals surface area contributed by atoms with Gasteiger partial charge in [-0.2, -0.15) is 21.6 Å². The van der Waals surface area contributed by atoms with Crippen LogP contribution in [-0.4, -0.2) is 28.3 Å². The van der Waals surface area contributed by atoms with Crippen LogP contribution in [0.25, 0.3) is 0 Å². The van der Waals surface area contributed by atoms with Gasteiger partial charge in [-0.25, -0.2) is 4.18 Å². The predicted molar refractivity (Wildman–Crippen MR) is 54.5 cm³/mol. The molecule has 1 rings (SSSR count). The van der Waals surface area contributed by atoms with E-state index >= 15 is 0 Å². The second-order valence-corrected chi connectivity index (χ2v) is 4.26. The van der Waals surface area contributed by atoms with Crippen LogP contribution in [0.5, 0.6) is 11.5 Å². The Kier molecular flexibility index (Phi) is 4.41. The van der Waals surface area contributed by atoms with E-state index in [2.05, 4.69) is 8.37 Å². The second-order valence-electron chi connectivity index (χ2n) is 3.04. The number of ether oxygens (including phenoxy) is 1. The summed E-state index contributed by atoms with van der Waals surface area (Å²) >= 11 is 0. The highest BCUT2D eigenvalue weighted by Crippen LogP contribution is 2.20. The van der Waals surface area contributed by atoms with Gasteiger partial charge in [-0.05, 0) is 24.3 Å². The van der Waals surface area contributed by atoms with Crippen LogP contribution >= 0.6 is 0 Å². The lowest BCUT2D eigenvalue weighted by Gasteiger charge is -2.09. The Morgan fingerprint density at radius 3 is 2.06 bits per heavy atom. The van der Waals surface area contributed by atoms with Crippen molar-refractivity contribution in [2.75, 3.05) is 13.7 Å². The van der Waals surface area contributed by atoms with Crippen LogP contribution in [0.3, 0.4) is 0 Å². The maximum Gasteiger partial charge on any atom is 0.449 e.